The van der Waals surface area contributed by atoms with Crippen LogP contribution in [0.25, 0.3) is 0 Å². The van der Waals surface area contributed by atoms with Crippen molar-refractivity contribution in [1.29, 1.82) is 0 Å². The van der Waals surface area contributed by atoms with Crippen LogP contribution < -0.4 is 5.32 Å². The first kappa shape index (κ1) is 26.7. The van der Waals surface area contributed by atoms with E-state index < -0.39 is 35.9 Å². The average Bonchev–Trinajstić information content (AvgIpc) is 2.82. The van der Waals surface area contributed by atoms with E-state index in [-0.39, 0.29) is 35.9 Å². The maximum Gasteiger partial charge on any atom is 0.227 e. The second-order valence-electron chi connectivity index (χ2n) is 9.77. The minimum atomic E-state index is -1.63. The summed E-state index contributed by atoms with van der Waals surface area (Å²) in [5, 5.41) is 34.1. The SMILES string of the molecule is CC1=C\[C@H]2[C@@H]3[C@@H](O)[C@H](O)[C@@H](O)C(=O)[C@@H]3C=C[C@H]2/C(C)=C/C=C/C=C\[C@@H](C)CNC(=O)CC(=O)\C=C\1. The Balaban J connectivity index is 2.03. The molecule has 1 amide bonds. The summed E-state index contributed by atoms with van der Waals surface area (Å²) >= 11 is 0. The highest BCUT2D eigenvalue weighted by Gasteiger charge is 2.52. The van der Waals surface area contributed by atoms with Gasteiger partial charge in [-0.25, -0.2) is 0 Å². The van der Waals surface area contributed by atoms with Crippen molar-refractivity contribution in [1.82, 2.24) is 5.32 Å². The largest absolute Gasteiger partial charge is 0.390 e. The van der Waals surface area contributed by atoms with E-state index >= 15 is 0 Å². The molecule has 7 heteroatoms. The summed E-state index contributed by atoms with van der Waals surface area (Å²) in [4.78, 5) is 37.1. The molecule has 2 aliphatic carbocycles. The van der Waals surface area contributed by atoms with E-state index in [4.69, 9.17) is 0 Å². The molecular formula is C28H35NO6. The van der Waals surface area contributed by atoms with Gasteiger partial charge in [0.1, 0.15) is 12.2 Å². The minimum Gasteiger partial charge on any atom is -0.390 e. The second-order valence-corrected chi connectivity index (χ2v) is 9.77. The number of aliphatic hydroxyl groups excluding tert-OH is 3. The number of fused-ring (bicyclic) bond motifs is 3. The summed E-state index contributed by atoms with van der Waals surface area (Å²) in [6.45, 7) is 6.18. The molecule has 1 aliphatic heterocycles. The Bertz CT molecular complexity index is 1020. The van der Waals surface area contributed by atoms with Crippen LogP contribution in [0, 0.1) is 29.6 Å². The first-order valence-corrected chi connectivity index (χ1v) is 12.0. The number of hydrogen-bond donors (Lipinski definition) is 4. The number of carbonyl (C=O) groups is 3. The van der Waals surface area contributed by atoms with E-state index in [2.05, 4.69) is 5.32 Å². The number of Topliss-reactive ketones (excluding diaryl/α,β-unsaturated/α-hetero) is 1. The zero-order chi connectivity index (χ0) is 25.7. The number of amides is 1. The van der Waals surface area contributed by atoms with Gasteiger partial charge in [0.05, 0.1) is 12.5 Å². The molecule has 0 aromatic heterocycles. The first-order chi connectivity index (χ1) is 16.6. The van der Waals surface area contributed by atoms with Gasteiger partial charge in [-0.3, -0.25) is 14.4 Å². The zero-order valence-electron chi connectivity index (χ0n) is 20.4. The van der Waals surface area contributed by atoms with Gasteiger partial charge in [-0.2, -0.15) is 0 Å². The predicted molar refractivity (Wildman–Crippen MR) is 133 cm³/mol. The fourth-order valence-corrected chi connectivity index (χ4v) is 4.99. The Morgan fingerprint density at radius 3 is 2.34 bits per heavy atom. The van der Waals surface area contributed by atoms with Gasteiger partial charge in [0.15, 0.2) is 11.6 Å². The topological polar surface area (TPSA) is 124 Å². The Hall–Kier alpha value is -2.87. The third kappa shape index (κ3) is 6.42. The van der Waals surface area contributed by atoms with Crippen LogP contribution in [0.3, 0.4) is 0 Å². The molecular weight excluding hydrogens is 446 g/mol. The van der Waals surface area contributed by atoms with Gasteiger partial charge < -0.3 is 20.6 Å². The molecule has 3 aliphatic rings. The van der Waals surface area contributed by atoms with Gasteiger partial charge in [-0.1, -0.05) is 72.8 Å². The van der Waals surface area contributed by atoms with E-state index in [0.717, 1.165) is 11.1 Å². The molecule has 0 bridgehead atoms. The predicted octanol–water partition coefficient (Wildman–Crippen LogP) is 1.97. The number of aliphatic hydroxyl groups is 3. The molecule has 7 nitrogen and oxygen atoms in total. The van der Waals surface area contributed by atoms with Gasteiger partial charge in [0, 0.05) is 24.3 Å². The van der Waals surface area contributed by atoms with E-state index in [1.807, 2.05) is 56.4 Å². The normalized spacial score (nSPS) is 42.6. The summed E-state index contributed by atoms with van der Waals surface area (Å²) in [6, 6.07) is 0. The Kier molecular flexibility index (Phi) is 8.94. The van der Waals surface area contributed by atoms with E-state index in [9.17, 15) is 29.7 Å². The molecule has 3 rings (SSSR count). The number of allylic oxidation sites excluding steroid dienone is 11. The number of ketones is 2. The first-order valence-electron chi connectivity index (χ1n) is 12.0. The number of carbonyl (C=O) groups excluding carboxylic acids is 3. The van der Waals surface area contributed by atoms with Gasteiger partial charge in [0.2, 0.25) is 5.91 Å². The number of nitrogens with one attached hydrogen (secondary N) is 1. The van der Waals surface area contributed by atoms with Crippen LogP contribution in [0.1, 0.15) is 27.2 Å². The molecule has 0 radical (unpaired) electrons. The average molecular weight is 482 g/mol. The monoisotopic (exact) mass is 481 g/mol. The molecule has 0 aromatic rings. The molecule has 0 aromatic carbocycles. The second kappa shape index (κ2) is 11.7. The third-order valence-electron chi connectivity index (χ3n) is 6.98. The molecule has 1 saturated carbocycles. The Morgan fingerprint density at radius 1 is 0.886 bits per heavy atom. The lowest BCUT2D eigenvalue weighted by Crippen LogP contribution is -2.59. The molecule has 0 unspecified atom stereocenters. The quantitative estimate of drug-likeness (QED) is 0.310. The Labute approximate surface area is 206 Å². The number of rotatable bonds is 0. The maximum atomic E-state index is 12.7. The zero-order valence-corrected chi connectivity index (χ0v) is 20.4. The standard InChI is InChI=1S/C28H35NO6/c1-16-9-10-19(30)14-23(31)29-15-17(2)7-5-4-6-8-18(3)20-11-12-21-24(22(20)13-16)26(33)28(35)27(34)25(21)32/h4-13,17,20-22,24,26-28,33-35H,14-15H2,1-3H3,(H,29,31)/b6-4+,7-5-,10-9+,16-13+,18-8+/t17-,20+,21-,22-,24-,26-,27+,28+/m1/s1. The fraction of sp³-hybridized carbons (Fsp3) is 0.464. The van der Waals surface area contributed by atoms with Crippen LogP contribution in [0.15, 0.2) is 71.9 Å². The maximum absolute atomic E-state index is 12.7. The molecule has 0 spiro atoms. The summed E-state index contributed by atoms with van der Waals surface area (Å²) in [6.07, 6.45) is 13.4. The molecule has 188 valence electrons. The minimum absolute atomic E-state index is 0.0954. The van der Waals surface area contributed by atoms with Crippen LogP contribution in [0.4, 0.5) is 0 Å². The highest BCUT2D eigenvalue weighted by Crippen LogP contribution is 2.45. The van der Waals surface area contributed by atoms with E-state index in [0.29, 0.717) is 6.54 Å². The molecule has 1 fully saturated rings. The lowest BCUT2D eigenvalue weighted by Gasteiger charge is -2.46. The summed E-state index contributed by atoms with van der Waals surface area (Å²) in [5.41, 5.74) is 1.73. The number of hydrogen-bond acceptors (Lipinski definition) is 6. The van der Waals surface area contributed by atoms with Crippen LogP contribution in [-0.2, 0) is 14.4 Å². The smallest absolute Gasteiger partial charge is 0.227 e. The van der Waals surface area contributed by atoms with Crippen molar-refractivity contribution in [2.24, 2.45) is 29.6 Å². The fourth-order valence-electron chi connectivity index (χ4n) is 4.99. The van der Waals surface area contributed by atoms with Crippen molar-refractivity contribution in [2.75, 3.05) is 6.54 Å². The Morgan fingerprint density at radius 2 is 1.60 bits per heavy atom. The highest BCUT2D eigenvalue weighted by molar-refractivity contribution is 6.03. The van der Waals surface area contributed by atoms with Crippen molar-refractivity contribution in [3.05, 3.63) is 71.9 Å². The van der Waals surface area contributed by atoms with Crippen molar-refractivity contribution in [3.63, 3.8) is 0 Å². The van der Waals surface area contributed by atoms with Gasteiger partial charge in [-0.15, -0.1) is 0 Å². The highest BCUT2D eigenvalue weighted by atomic mass is 16.4. The molecule has 8 atom stereocenters. The van der Waals surface area contributed by atoms with Crippen LogP contribution >= 0.6 is 0 Å². The van der Waals surface area contributed by atoms with Crippen molar-refractivity contribution >= 4 is 17.5 Å². The molecule has 35 heavy (non-hydrogen) atoms. The van der Waals surface area contributed by atoms with Crippen LogP contribution in [0.2, 0.25) is 0 Å². The van der Waals surface area contributed by atoms with Crippen LogP contribution in [-0.4, -0.2) is 57.6 Å². The molecule has 0 saturated heterocycles. The van der Waals surface area contributed by atoms with E-state index in [1.54, 1.807) is 19.1 Å². The molecule has 1 heterocycles. The van der Waals surface area contributed by atoms with Crippen molar-refractivity contribution in [3.8, 4) is 0 Å². The lowest BCUT2D eigenvalue weighted by molar-refractivity contribution is -0.165. The summed E-state index contributed by atoms with van der Waals surface area (Å²) in [7, 11) is 0. The lowest BCUT2D eigenvalue weighted by atomic mass is 9.60. The van der Waals surface area contributed by atoms with E-state index in [1.165, 1.54) is 6.08 Å². The van der Waals surface area contributed by atoms with Gasteiger partial charge >= 0.3 is 0 Å². The molecule has 4 N–H and O–H groups in total. The third-order valence-corrected chi connectivity index (χ3v) is 6.98. The van der Waals surface area contributed by atoms with Gasteiger partial charge in [0.25, 0.3) is 0 Å². The van der Waals surface area contributed by atoms with Crippen molar-refractivity contribution < 1.29 is 29.7 Å². The van der Waals surface area contributed by atoms with Gasteiger partial charge in [-0.05, 0) is 31.8 Å². The van der Waals surface area contributed by atoms with Crippen molar-refractivity contribution in [2.45, 2.75) is 45.5 Å². The summed E-state index contributed by atoms with van der Waals surface area (Å²) in [5.74, 6) is -2.99. The summed E-state index contributed by atoms with van der Waals surface area (Å²) < 4.78 is 0. The van der Waals surface area contributed by atoms with Crippen LogP contribution in [0.5, 0.6) is 0 Å².